The van der Waals surface area contributed by atoms with Gasteiger partial charge in [-0.3, -0.25) is 14.2 Å². The van der Waals surface area contributed by atoms with Gasteiger partial charge in [-0.2, -0.15) is 0 Å². The summed E-state index contributed by atoms with van der Waals surface area (Å²) < 4.78 is 15.7. The lowest BCUT2D eigenvalue weighted by Crippen LogP contribution is -2.37. The summed E-state index contributed by atoms with van der Waals surface area (Å²) in [4.78, 5) is 25.5. The van der Waals surface area contributed by atoms with E-state index >= 15 is 0 Å². The molecule has 0 spiro atoms. The molecule has 1 aliphatic heterocycles. The van der Waals surface area contributed by atoms with Gasteiger partial charge in [0.05, 0.1) is 22.0 Å². The second kappa shape index (κ2) is 7.97. The molecule has 2 N–H and O–H groups in total. The molecule has 3 aromatic rings. The van der Waals surface area contributed by atoms with Crippen molar-refractivity contribution in [2.45, 2.75) is 19.8 Å². The summed E-state index contributed by atoms with van der Waals surface area (Å²) in [5, 5.41) is 7.04. The largest absolute Gasteiger partial charge is 0.326 e. The van der Waals surface area contributed by atoms with Crippen molar-refractivity contribution >= 4 is 40.0 Å². The number of rotatable bonds is 3. The standard InChI is InChI=1S/C22H21ClFN3O2/c1-13-10-15-11-16(26-21(28)14-4-3-9-25-12-14)7-8-19(15)27(13)22(29)20-17(23)5-2-6-18(20)24/h2,5-8,10-11,14,25H,3-4,9,12H2,1H3,(H,26,28). The predicted octanol–water partition coefficient (Wildman–Crippen LogP) is 4.37. The van der Waals surface area contributed by atoms with E-state index < -0.39 is 11.7 Å². The summed E-state index contributed by atoms with van der Waals surface area (Å²) in [6.45, 7) is 3.41. The Morgan fingerprint density at radius 2 is 2.07 bits per heavy atom. The van der Waals surface area contributed by atoms with Gasteiger partial charge in [0.25, 0.3) is 5.91 Å². The molecule has 1 saturated heterocycles. The molecule has 1 fully saturated rings. The lowest BCUT2D eigenvalue weighted by molar-refractivity contribution is -0.120. The van der Waals surface area contributed by atoms with Crippen LogP contribution in [-0.2, 0) is 4.79 Å². The molecule has 29 heavy (non-hydrogen) atoms. The smallest absolute Gasteiger partial charge is 0.267 e. The van der Waals surface area contributed by atoms with Crippen LogP contribution in [0.1, 0.15) is 28.9 Å². The SMILES string of the molecule is Cc1cc2cc(NC(=O)C3CCCNC3)ccc2n1C(=O)c1c(F)cccc1Cl. The lowest BCUT2D eigenvalue weighted by Gasteiger charge is -2.21. The average molecular weight is 414 g/mol. The van der Waals surface area contributed by atoms with E-state index in [1.165, 1.54) is 22.8 Å². The van der Waals surface area contributed by atoms with Crippen LogP contribution in [0.15, 0.2) is 42.5 Å². The van der Waals surface area contributed by atoms with Crippen LogP contribution in [0.3, 0.4) is 0 Å². The summed E-state index contributed by atoms with van der Waals surface area (Å²) in [5.74, 6) is -1.24. The van der Waals surface area contributed by atoms with Gasteiger partial charge in [0.2, 0.25) is 5.91 Å². The molecule has 1 amide bonds. The van der Waals surface area contributed by atoms with Crippen LogP contribution in [0.2, 0.25) is 5.02 Å². The highest BCUT2D eigenvalue weighted by Crippen LogP contribution is 2.27. The first-order chi connectivity index (χ1) is 14.0. The van der Waals surface area contributed by atoms with Crippen molar-refractivity contribution in [3.63, 3.8) is 0 Å². The van der Waals surface area contributed by atoms with E-state index in [2.05, 4.69) is 10.6 Å². The van der Waals surface area contributed by atoms with Crippen molar-refractivity contribution in [2.75, 3.05) is 18.4 Å². The Morgan fingerprint density at radius 1 is 1.24 bits per heavy atom. The number of nitrogens with zero attached hydrogens (tertiary/aromatic N) is 1. The van der Waals surface area contributed by atoms with Gasteiger partial charge in [-0.15, -0.1) is 0 Å². The number of benzene rings is 2. The Hall–Kier alpha value is -2.70. The van der Waals surface area contributed by atoms with Crippen LogP contribution in [0.5, 0.6) is 0 Å². The molecule has 0 bridgehead atoms. The highest BCUT2D eigenvalue weighted by atomic mass is 35.5. The number of carbonyl (C=O) groups excluding carboxylic acids is 2. The van der Waals surface area contributed by atoms with Crippen molar-refractivity contribution in [1.29, 1.82) is 0 Å². The summed E-state index contributed by atoms with van der Waals surface area (Å²) in [6, 6.07) is 11.3. The van der Waals surface area contributed by atoms with E-state index in [4.69, 9.17) is 11.6 Å². The average Bonchev–Trinajstić information content (AvgIpc) is 3.03. The second-order valence-corrected chi connectivity index (χ2v) is 7.74. The monoisotopic (exact) mass is 413 g/mol. The molecule has 150 valence electrons. The zero-order chi connectivity index (χ0) is 20.5. The van der Waals surface area contributed by atoms with Gasteiger partial charge in [0.15, 0.2) is 0 Å². The fraction of sp³-hybridized carbons (Fsp3) is 0.273. The first kappa shape index (κ1) is 19.6. The summed E-state index contributed by atoms with van der Waals surface area (Å²) in [6.07, 6.45) is 1.86. The van der Waals surface area contributed by atoms with E-state index in [0.717, 1.165) is 24.8 Å². The maximum atomic E-state index is 14.2. The summed E-state index contributed by atoms with van der Waals surface area (Å²) in [7, 11) is 0. The van der Waals surface area contributed by atoms with E-state index in [0.29, 0.717) is 23.4 Å². The number of aromatic nitrogens is 1. The molecule has 2 aromatic carbocycles. The zero-order valence-electron chi connectivity index (χ0n) is 16.0. The van der Waals surface area contributed by atoms with Crippen LogP contribution in [0.4, 0.5) is 10.1 Å². The van der Waals surface area contributed by atoms with Crippen molar-refractivity contribution < 1.29 is 14.0 Å². The third kappa shape index (κ3) is 3.78. The minimum atomic E-state index is -0.659. The number of piperidine rings is 1. The van der Waals surface area contributed by atoms with Gasteiger partial charge in [-0.25, -0.2) is 4.39 Å². The van der Waals surface area contributed by atoms with Crippen molar-refractivity contribution in [1.82, 2.24) is 9.88 Å². The topological polar surface area (TPSA) is 63.1 Å². The van der Waals surface area contributed by atoms with Crippen molar-refractivity contribution in [2.24, 2.45) is 5.92 Å². The molecule has 2 heterocycles. The predicted molar refractivity (Wildman–Crippen MR) is 112 cm³/mol. The van der Waals surface area contributed by atoms with E-state index in [1.807, 2.05) is 12.1 Å². The number of fused-ring (bicyclic) bond motifs is 1. The fourth-order valence-electron chi connectivity index (χ4n) is 3.83. The van der Waals surface area contributed by atoms with Crippen LogP contribution < -0.4 is 10.6 Å². The van der Waals surface area contributed by atoms with Crippen molar-refractivity contribution in [3.8, 4) is 0 Å². The Bertz CT molecular complexity index is 1080. The third-order valence-corrected chi connectivity index (χ3v) is 5.62. The molecule has 1 atom stereocenters. The maximum absolute atomic E-state index is 14.2. The Balaban J connectivity index is 1.65. The number of hydrogen-bond acceptors (Lipinski definition) is 3. The fourth-order valence-corrected chi connectivity index (χ4v) is 4.08. The second-order valence-electron chi connectivity index (χ2n) is 7.33. The molecule has 7 heteroatoms. The van der Waals surface area contributed by atoms with Crippen LogP contribution in [-0.4, -0.2) is 29.5 Å². The molecule has 1 aromatic heterocycles. The molecule has 1 unspecified atom stereocenters. The highest BCUT2D eigenvalue weighted by Gasteiger charge is 2.23. The molecule has 0 radical (unpaired) electrons. The molecule has 4 rings (SSSR count). The number of aryl methyl sites for hydroxylation is 1. The zero-order valence-corrected chi connectivity index (χ0v) is 16.7. The van der Waals surface area contributed by atoms with Gasteiger partial charge < -0.3 is 10.6 Å². The number of anilines is 1. The number of nitrogens with one attached hydrogen (secondary N) is 2. The minimum absolute atomic E-state index is 0.0121. The number of amides is 1. The van der Waals surface area contributed by atoms with E-state index in [-0.39, 0.29) is 22.4 Å². The van der Waals surface area contributed by atoms with E-state index in [9.17, 15) is 14.0 Å². The maximum Gasteiger partial charge on any atom is 0.267 e. The van der Waals surface area contributed by atoms with Gasteiger partial charge in [0.1, 0.15) is 5.82 Å². The van der Waals surface area contributed by atoms with Crippen LogP contribution >= 0.6 is 11.6 Å². The first-order valence-electron chi connectivity index (χ1n) is 9.58. The summed E-state index contributed by atoms with van der Waals surface area (Å²) >= 11 is 6.07. The highest BCUT2D eigenvalue weighted by molar-refractivity contribution is 6.34. The number of carbonyl (C=O) groups is 2. The summed E-state index contributed by atoms with van der Waals surface area (Å²) in [5.41, 5.74) is 1.80. The Labute approximate surface area is 172 Å². The number of halogens is 2. The van der Waals surface area contributed by atoms with Crippen molar-refractivity contribution in [3.05, 3.63) is 64.6 Å². The molecular weight excluding hydrogens is 393 g/mol. The molecule has 0 aliphatic carbocycles. The van der Waals surface area contributed by atoms with Crippen LogP contribution in [0.25, 0.3) is 10.9 Å². The van der Waals surface area contributed by atoms with Gasteiger partial charge >= 0.3 is 0 Å². The molecule has 5 nitrogen and oxygen atoms in total. The Kier molecular flexibility index (Phi) is 5.39. The van der Waals surface area contributed by atoms with Crippen LogP contribution in [0, 0.1) is 18.7 Å². The molecule has 1 aliphatic rings. The number of hydrogen-bond donors (Lipinski definition) is 2. The van der Waals surface area contributed by atoms with Gasteiger partial charge in [-0.05, 0) is 62.7 Å². The van der Waals surface area contributed by atoms with Gasteiger partial charge in [-0.1, -0.05) is 17.7 Å². The van der Waals surface area contributed by atoms with E-state index in [1.54, 1.807) is 19.1 Å². The van der Waals surface area contributed by atoms with Gasteiger partial charge in [0, 0.05) is 23.3 Å². The molecular formula is C22H21ClFN3O2. The normalized spacial score (nSPS) is 16.7. The quantitative estimate of drug-likeness (QED) is 0.670. The first-order valence-corrected chi connectivity index (χ1v) is 9.96. The lowest BCUT2D eigenvalue weighted by atomic mass is 9.99. The molecule has 0 saturated carbocycles. The minimum Gasteiger partial charge on any atom is -0.326 e. The third-order valence-electron chi connectivity index (χ3n) is 5.30. The Morgan fingerprint density at radius 3 is 2.79 bits per heavy atom.